The van der Waals surface area contributed by atoms with Gasteiger partial charge >= 0.3 is 0 Å². The Kier molecular flexibility index (Phi) is 8.15. The van der Waals surface area contributed by atoms with Crippen molar-refractivity contribution in [3.05, 3.63) is 58.1 Å². The topological polar surface area (TPSA) is 75.7 Å². The fourth-order valence-electron chi connectivity index (χ4n) is 3.11. The molecule has 0 spiro atoms. The number of benzene rings is 2. The van der Waals surface area contributed by atoms with Crippen molar-refractivity contribution in [1.29, 1.82) is 0 Å². The number of sulfonamides is 1. The second-order valence-electron chi connectivity index (χ2n) is 7.25. The Hall–Kier alpha value is -2.25. The molecule has 2 rings (SSSR count). The van der Waals surface area contributed by atoms with E-state index in [4.69, 9.17) is 16.3 Å². The highest BCUT2D eigenvalue weighted by Crippen LogP contribution is 2.27. The molecule has 0 saturated heterocycles. The van der Waals surface area contributed by atoms with Gasteiger partial charge in [0.15, 0.2) is 0 Å². The summed E-state index contributed by atoms with van der Waals surface area (Å²) < 4.78 is 31.9. The third-order valence-corrected chi connectivity index (χ3v) is 6.54. The molecule has 0 fully saturated rings. The van der Waals surface area contributed by atoms with Crippen LogP contribution < -0.4 is 14.4 Å². The molecule has 0 heterocycles. The number of carbonyl (C=O) groups is 1. The van der Waals surface area contributed by atoms with E-state index >= 15 is 0 Å². The minimum Gasteiger partial charge on any atom is -0.491 e. The average Bonchev–Trinajstić information content (AvgIpc) is 2.67. The van der Waals surface area contributed by atoms with Crippen molar-refractivity contribution in [2.24, 2.45) is 0 Å². The minimum absolute atomic E-state index is 0.259. The Labute approximate surface area is 184 Å². The number of hydrogen-bond acceptors (Lipinski definition) is 4. The molecule has 0 aliphatic rings. The number of ether oxygens (including phenoxy) is 1. The van der Waals surface area contributed by atoms with Gasteiger partial charge in [0, 0.05) is 5.02 Å². The first-order valence-corrected chi connectivity index (χ1v) is 12.0. The Morgan fingerprint density at radius 2 is 1.87 bits per heavy atom. The highest BCUT2D eigenvalue weighted by molar-refractivity contribution is 7.92. The summed E-state index contributed by atoms with van der Waals surface area (Å²) in [7, 11) is -3.71. The van der Waals surface area contributed by atoms with Crippen LogP contribution in [0.15, 0.2) is 36.4 Å². The van der Waals surface area contributed by atoms with Crippen molar-refractivity contribution >= 4 is 33.2 Å². The molecule has 6 nitrogen and oxygen atoms in total. The second-order valence-corrected chi connectivity index (χ2v) is 9.52. The van der Waals surface area contributed by atoms with Gasteiger partial charge in [-0.15, -0.1) is 0 Å². The van der Waals surface area contributed by atoms with E-state index in [9.17, 15) is 13.2 Å². The molecule has 0 aliphatic carbocycles. The molecule has 0 aromatic heterocycles. The lowest BCUT2D eigenvalue weighted by Gasteiger charge is -2.30. The SMILES string of the molecule is CCC(C(=O)NCCOc1cccc(C)c1C)N(c1ccc(C)c(Cl)c1)S(C)(=O)=O. The van der Waals surface area contributed by atoms with E-state index in [0.29, 0.717) is 17.1 Å². The van der Waals surface area contributed by atoms with Crippen molar-refractivity contribution < 1.29 is 17.9 Å². The Morgan fingerprint density at radius 1 is 1.17 bits per heavy atom. The summed E-state index contributed by atoms with van der Waals surface area (Å²) in [6.07, 6.45) is 1.39. The maximum atomic E-state index is 12.8. The zero-order chi connectivity index (χ0) is 22.5. The van der Waals surface area contributed by atoms with E-state index in [2.05, 4.69) is 5.32 Å². The number of anilines is 1. The zero-order valence-corrected chi connectivity index (χ0v) is 19.6. The lowest BCUT2D eigenvalue weighted by atomic mass is 10.1. The molecular weight excluding hydrogens is 424 g/mol. The first-order chi connectivity index (χ1) is 14.1. The number of carbonyl (C=O) groups excluding carboxylic acids is 1. The van der Waals surface area contributed by atoms with Gasteiger partial charge in [-0.25, -0.2) is 8.42 Å². The maximum absolute atomic E-state index is 12.8. The first-order valence-electron chi connectivity index (χ1n) is 9.78. The zero-order valence-electron chi connectivity index (χ0n) is 18.0. The summed E-state index contributed by atoms with van der Waals surface area (Å²) in [5.74, 6) is 0.382. The summed E-state index contributed by atoms with van der Waals surface area (Å²) in [4.78, 5) is 12.8. The van der Waals surface area contributed by atoms with Crippen molar-refractivity contribution in [3.63, 3.8) is 0 Å². The highest BCUT2D eigenvalue weighted by Gasteiger charge is 2.31. The summed E-state index contributed by atoms with van der Waals surface area (Å²) in [6.45, 7) is 8.12. The van der Waals surface area contributed by atoms with Crippen molar-refractivity contribution in [3.8, 4) is 5.75 Å². The monoisotopic (exact) mass is 452 g/mol. The fourth-order valence-corrected chi connectivity index (χ4v) is 4.49. The van der Waals surface area contributed by atoms with Crippen LogP contribution in [0.1, 0.15) is 30.0 Å². The highest BCUT2D eigenvalue weighted by atomic mass is 35.5. The predicted molar refractivity (Wildman–Crippen MR) is 122 cm³/mol. The third-order valence-electron chi connectivity index (χ3n) is 4.95. The van der Waals surface area contributed by atoms with Gasteiger partial charge in [-0.3, -0.25) is 9.10 Å². The van der Waals surface area contributed by atoms with Crippen LogP contribution in [0.4, 0.5) is 5.69 Å². The minimum atomic E-state index is -3.71. The molecule has 164 valence electrons. The second kappa shape index (κ2) is 10.2. The average molecular weight is 453 g/mol. The lowest BCUT2D eigenvalue weighted by molar-refractivity contribution is -0.122. The van der Waals surface area contributed by atoms with Gasteiger partial charge in [-0.05, 0) is 62.1 Å². The van der Waals surface area contributed by atoms with E-state index in [-0.39, 0.29) is 19.1 Å². The van der Waals surface area contributed by atoms with Crippen LogP contribution in [-0.2, 0) is 14.8 Å². The van der Waals surface area contributed by atoms with E-state index in [1.165, 1.54) is 0 Å². The molecule has 0 bridgehead atoms. The van der Waals surface area contributed by atoms with Crippen LogP contribution in [0, 0.1) is 20.8 Å². The number of amides is 1. The quantitative estimate of drug-likeness (QED) is 0.583. The van der Waals surface area contributed by atoms with Gasteiger partial charge in [0.25, 0.3) is 0 Å². The number of halogens is 1. The largest absolute Gasteiger partial charge is 0.491 e. The van der Waals surface area contributed by atoms with Gasteiger partial charge in [-0.1, -0.05) is 36.7 Å². The van der Waals surface area contributed by atoms with Gasteiger partial charge in [0.05, 0.1) is 18.5 Å². The molecule has 0 radical (unpaired) electrons. The normalized spacial score (nSPS) is 12.3. The van der Waals surface area contributed by atoms with Gasteiger partial charge < -0.3 is 10.1 Å². The molecule has 0 aliphatic heterocycles. The third kappa shape index (κ3) is 5.89. The molecule has 0 saturated carbocycles. The van der Waals surface area contributed by atoms with Crippen molar-refractivity contribution in [1.82, 2.24) is 5.32 Å². The smallest absolute Gasteiger partial charge is 0.244 e. The molecular formula is C22H29ClN2O4S. The standard InChI is InChI=1S/C22H29ClN2O4S/c1-6-20(25(30(5,27)28)18-11-10-16(3)19(23)14-18)22(26)24-12-13-29-21-9-7-8-15(2)17(21)4/h7-11,14,20H,6,12-13H2,1-5H3,(H,24,26). The van der Waals surface area contributed by atoms with Crippen LogP contribution in [0.3, 0.4) is 0 Å². The number of nitrogens with zero attached hydrogens (tertiary/aromatic N) is 1. The Balaban J connectivity index is 2.10. The maximum Gasteiger partial charge on any atom is 0.244 e. The first kappa shape index (κ1) is 24.0. The molecule has 1 unspecified atom stereocenters. The fraction of sp³-hybridized carbons (Fsp3) is 0.409. The van der Waals surface area contributed by atoms with Crippen LogP contribution in [0.2, 0.25) is 5.02 Å². The molecule has 1 N–H and O–H groups in total. The lowest BCUT2D eigenvalue weighted by Crippen LogP contribution is -2.50. The van der Waals surface area contributed by atoms with Crippen molar-refractivity contribution in [2.75, 3.05) is 23.7 Å². The molecule has 1 amide bonds. The molecule has 2 aromatic rings. The van der Waals surface area contributed by atoms with E-state index in [1.54, 1.807) is 25.1 Å². The van der Waals surface area contributed by atoms with Gasteiger partial charge in [0.1, 0.15) is 18.4 Å². The molecule has 8 heteroatoms. The summed E-state index contributed by atoms with van der Waals surface area (Å²) in [5.41, 5.74) is 3.37. The van der Waals surface area contributed by atoms with Crippen LogP contribution >= 0.6 is 11.6 Å². The number of rotatable bonds is 9. The van der Waals surface area contributed by atoms with E-state index in [1.807, 2.05) is 39.0 Å². The number of hydrogen-bond donors (Lipinski definition) is 1. The van der Waals surface area contributed by atoms with E-state index < -0.39 is 16.1 Å². The van der Waals surface area contributed by atoms with E-state index in [0.717, 1.165) is 33.0 Å². The van der Waals surface area contributed by atoms with Crippen LogP contribution in [0.25, 0.3) is 0 Å². The number of nitrogens with one attached hydrogen (secondary N) is 1. The van der Waals surface area contributed by atoms with Gasteiger partial charge in [-0.2, -0.15) is 0 Å². The molecule has 2 aromatic carbocycles. The van der Waals surface area contributed by atoms with Crippen LogP contribution in [0.5, 0.6) is 5.75 Å². The number of aryl methyl sites for hydroxylation is 2. The van der Waals surface area contributed by atoms with Gasteiger partial charge in [0.2, 0.25) is 15.9 Å². The summed E-state index contributed by atoms with van der Waals surface area (Å²) in [6, 6.07) is 9.87. The molecule has 1 atom stereocenters. The summed E-state index contributed by atoms with van der Waals surface area (Å²) >= 11 is 6.18. The van der Waals surface area contributed by atoms with Crippen LogP contribution in [-0.4, -0.2) is 39.8 Å². The Bertz CT molecular complexity index is 1010. The van der Waals surface area contributed by atoms with Crippen molar-refractivity contribution in [2.45, 2.75) is 40.2 Å². The Morgan fingerprint density at radius 3 is 2.47 bits per heavy atom. The summed E-state index contributed by atoms with van der Waals surface area (Å²) in [5, 5.41) is 3.23. The molecule has 30 heavy (non-hydrogen) atoms. The predicted octanol–water partition coefficient (Wildman–Crippen LogP) is 4.01.